The van der Waals surface area contributed by atoms with Crippen LogP contribution >= 0.6 is 11.6 Å². The van der Waals surface area contributed by atoms with E-state index in [1.165, 1.54) is 12.4 Å². The van der Waals surface area contributed by atoms with Crippen molar-refractivity contribution in [3.05, 3.63) is 35.0 Å². The minimum absolute atomic E-state index is 0.102. The number of carbonyl (C=O) groups is 3. The van der Waals surface area contributed by atoms with E-state index in [2.05, 4.69) is 25.8 Å². The second kappa shape index (κ2) is 7.43. The number of halogens is 2. The smallest absolute Gasteiger partial charge is 0.328 e. The average Bonchev–Trinajstić information content (AvgIpc) is 3.21. The van der Waals surface area contributed by atoms with Crippen LogP contribution in [-0.2, 0) is 20.7 Å². The number of nitrogens with one attached hydrogen (secondary N) is 2. The SMILES string of the molecule is C[C@@H]1CN2c3c(cc4c(-c5cncc(Cl)n5)noc4c3F)CC3(C(=O)NC(=O)NC3=O)[C@H]2[C@H](C)O1. The van der Waals surface area contributed by atoms with Crippen molar-refractivity contribution < 1.29 is 28.0 Å². The third kappa shape index (κ3) is 2.99. The number of urea groups is 1. The molecule has 0 aliphatic carbocycles. The molecule has 13 heteroatoms. The summed E-state index contributed by atoms with van der Waals surface area (Å²) in [6.45, 7) is 3.75. The summed E-state index contributed by atoms with van der Waals surface area (Å²) in [5.74, 6) is -2.20. The van der Waals surface area contributed by atoms with Gasteiger partial charge in [-0.3, -0.25) is 25.2 Å². The van der Waals surface area contributed by atoms with Crippen LogP contribution in [0.1, 0.15) is 19.4 Å². The van der Waals surface area contributed by atoms with E-state index in [1.54, 1.807) is 17.9 Å². The first kappa shape index (κ1) is 21.9. The lowest BCUT2D eigenvalue weighted by atomic mass is 9.66. The van der Waals surface area contributed by atoms with Crippen molar-refractivity contribution >= 4 is 46.1 Å². The zero-order valence-electron chi connectivity index (χ0n) is 18.5. The van der Waals surface area contributed by atoms with E-state index in [1.807, 2.05) is 6.92 Å². The van der Waals surface area contributed by atoms with E-state index in [0.29, 0.717) is 5.56 Å². The number of ether oxygens (including phenoxy) is 1. The molecule has 5 heterocycles. The van der Waals surface area contributed by atoms with Gasteiger partial charge >= 0.3 is 6.03 Å². The Labute approximate surface area is 201 Å². The van der Waals surface area contributed by atoms with Gasteiger partial charge < -0.3 is 14.2 Å². The summed E-state index contributed by atoms with van der Waals surface area (Å²) in [6, 6.07) is -0.141. The zero-order valence-corrected chi connectivity index (χ0v) is 19.2. The maximum atomic E-state index is 16.1. The number of hydrogen-bond acceptors (Lipinski definition) is 9. The summed E-state index contributed by atoms with van der Waals surface area (Å²) >= 11 is 5.96. The first-order valence-electron chi connectivity index (χ1n) is 10.9. The van der Waals surface area contributed by atoms with E-state index >= 15 is 4.39 Å². The van der Waals surface area contributed by atoms with Crippen molar-refractivity contribution in [1.82, 2.24) is 25.8 Å². The summed E-state index contributed by atoms with van der Waals surface area (Å²) in [6.07, 6.45) is 1.65. The van der Waals surface area contributed by atoms with Gasteiger partial charge in [-0.15, -0.1) is 0 Å². The average molecular weight is 501 g/mol. The molecule has 2 saturated heterocycles. The van der Waals surface area contributed by atoms with Crippen LogP contribution in [0, 0.1) is 11.2 Å². The van der Waals surface area contributed by atoms with Gasteiger partial charge in [0.1, 0.15) is 16.5 Å². The molecule has 35 heavy (non-hydrogen) atoms. The number of hydrogen-bond donors (Lipinski definition) is 2. The van der Waals surface area contributed by atoms with Gasteiger partial charge in [-0.05, 0) is 25.5 Å². The van der Waals surface area contributed by atoms with Crippen molar-refractivity contribution in [1.29, 1.82) is 0 Å². The minimum atomic E-state index is -1.73. The normalized spacial score (nSPS) is 25.3. The van der Waals surface area contributed by atoms with Gasteiger partial charge in [0.15, 0.2) is 11.2 Å². The van der Waals surface area contributed by atoms with Crippen LogP contribution in [0.2, 0.25) is 5.15 Å². The van der Waals surface area contributed by atoms with E-state index in [-0.39, 0.29) is 52.3 Å². The number of benzene rings is 1. The molecule has 4 amide bonds. The lowest BCUT2D eigenvalue weighted by Gasteiger charge is -2.55. The maximum absolute atomic E-state index is 16.1. The molecule has 3 aliphatic rings. The molecule has 0 bridgehead atoms. The van der Waals surface area contributed by atoms with Gasteiger partial charge in [-0.25, -0.2) is 14.2 Å². The topological polar surface area (TPSA) is 140 Å². The molecule has 1 aromatic carbocycles. The second-order valence-electron chi connectivity index (χ2n) is 8.97. The second-order valence-corrected chi connectivity index (χ2v) is 9.35. The van der Waals surface area contributed by atoms with Crippen LogP contribution in [-0.4, -0.2) is 57.8 Å². The predicted octanol–water partition coefficient (Wildman–Crippen LogP) is 1.97. The number of fused-ring (bicyclic) bond motifs is 5. The van der Waals surface area contributed by atoms with Crippen molar-refractivity contribution in [2.24, 2.45) is 5.41 Å². The standard InChI is InChI=1S/C22H18ClFN6O5/c1-8-7-30-16-10(4-22(18(30)9(2)34-8)19(31)27-21(33)28-20(22)32)3-11-15(29-35-17(11)14(16)24)12-5-25-6-13(23)26-12/h3,5-6,8-9,18H,4,7H2,1-2H3,(H2,27,28,31,32,33)/t8-,9+,18-/m1/s1. The molecule has 3 aromatic rings. The number of anilines is 1. The summed E-state index contributed by atoms with van der Waals surface area (Å²) in [5.41, 5.74) is -0.766. The molecule has 3 atom stereocenters. The Hall–Kier alpha value is -3.64. The van der Waals surface area contributed by atoms with Crippen LogP contribution in [0.5, 0.6) is 0 Å². The van der Waals surface area contributed by atoms with E-state index < -0.39 is 41.2 Å². The van der Waals surface area contributed by atoms with Crippen LogP contribution < -0.4 is 15.5 Å². The number of amides is 4. The Balaban J connectivity index is 1.60. The fourth-order valence-corrected chi connectivity index (χ4v) is 5.74. The van der Waals surface area contributed by atoms with Gasteiger partial charge in [0, 0.05) is 13.0 Å². The van der Waals surface area contributed by atoms with E-state index in [0.717, 1.165) is 0 Å². The van der Waals surface area contributed by atoms with Crippen molar-refractivity contribution in [2.45, 2.75) is 38.5 Å². The van der Waals surface area contributed by atoms with Gasteiger partial charge in [0.25, 0.3) is 0 Å². The summed E-state index contributed by atoms with van der Waals surface area (Å²) < 4.78 is 27.4. The Morgan fingerprint density at radius 2 is 1.94 bits per heavy atom. The Kier molecular flexibility index (Phi) is 4.64. The monoisotopic (exact) mass is 500 g/mol. The van der Waals surface area contributed by atoms with Crippen LogP contribution in [0.3, 0.4) is 0 Å². The Morgan fingerprint density at radius 1 is 1.20 bits per heavy atom. The molecule has 0 unspecified atom stereocenters. The Morgan fingerprint density at radius 3 is 2.66 bits per heavy atom. The van der Waals surface area contributed by atoms with Crippen LogP contribution in [0.25, 0.3) is 22.4 Å². The first-order valence-corrected chi connectivity index (χ1v) is 11.3. The first-order chi connectivity index (χ1) is 16.7. The van der Waals surface area contributed by atoms with E-state index in [4.69, 9.17) is 20.9 Å². The van der Waals surface area contributed by atoms with Crippen molar-refractivity contribution in [3.8, 4) is 11.4 Å². The highest BCUT2D eigenvalue weighted by Gasteiger charge is 2.63. The molecular weight excluding hydrogens is 483 g/mol. The maximum Gasteiger partial charge on any atom is 0.328 e. The molecule has 1 spiro atoms. The highest BCUT2D eigenvalue weighted by Crippen LogP contribution is 2.49. The van der Waals surface area contributed by atoms with Gasteiger partial charge in [0.2, 0.25) is 17.4 Å². The quantitative estimate of drug-likeness (QED) is 0.480. The van der Waals surface area contributed by atoms with Crippen LogP contribution in [0.4, 0.5) is 14.9 Å². The Bertz CT molecular complexity index is 1420. The van der Waals surface area contributed by atoms with Gasteiger partial charge in [0.05, 0.1) is 41.7 Å². The summed E-state index contributed by atoms with van der Waals surface area (Å²) in [4.78, 5) is 48.2. The van der Waals surface area contributed by atoms with Crippen molar-refractivity contribution in [3.63, 3.8) is 0 Å². The molecule has 2 fully saturated rings. The number of nitrogens with zero attached hydrogens (tertiary/aromatic N) is 4. The molecule has 0 radical (unpaired) electrons. The molecule has 2 N–H and O–H groups in total. The van der Waals surface area contributed by atoms with Crippen molar-refractivity contribution in [2.75, 3.05) is 11.4 Å². The zero-order chi connectivity index (χ0) is 24.6. The fourth-order valence-electron chi connectivity index (χ4n) is 5.59. The number of imide groups is 2. The minimum Gasteiger partial charge on any atom is -0.372 e. The third-order valence-corrected chi connectivity index (χ3v) is 6.99. The fraction of sp³-hybridized carbons (Fsp3) is 0.364. The number of rotatable bonds is 1. The highest BCUT2D eigenvalue weighted by atomic mass is 35.5. The molecule has 11 nitrogen and oxygen atoms in total. The number of carbonyl (C=O) groups excluding carboxylic acids is 3. The van der Waals surface area contributed by atoms with Gasteiger partial charge in [-0.1, -0.05) is 16.8 Å². The van der Waals surface area contributed by atoms with Crippen LogP contribution in [0.15, 0.2) is 23.0 Å². The molecule has 3 aliphatic heterocycles. The summed E-state index contributed by atoms with van der Waals surface area (Å²) in [7, 11) is 0. The molecular formula is C22H18ClFN6O5. The molecule has 0 saturated carbocycles. The number of aromatic nitrogens is 3. The lowest BCUT2D eigenvalue weighted by Crippen LogP contribution is -2.75. The summed E-state index contributed by atoms with van der Waals surface area (Å²) in [5, 5.41) is 8.81. The van der Waals surface area contributed by atoms with E-state index in [9.17, 15) is 14.4 Å². The number of barbiturate groups is 1. The molecule has 2 aromatic heterocycles. The highest BCUT2D eigenvalue weighted by molar-refractivity contribution is 6.29. The van der Waals surface area contributed by atoms with Gasteiger partial charge in [-0.2, -0.15) is 0 Å². The largest absolute Gasteiger partial charge is 0.372 e. The number of morpholine rings is 1. The molecule has 180 valence electrons. The lowest BCUT2D eigenvalue weighted by molar-refractivity contribution is -0.153. The predicted molar refractivity (Wildman–Crippen MR) is 119 cm³/mol. The third-order valence-electron chi connectivity index (χ3n) is 6.81. The molecule has 6 rings (SSSR count).